The quantitative estimate of drug-likeness (QED) is 0.447. The average Bonchev–Trinajstić information content (AvgIpc) is 2.93. The van der Waals surface area contributed by atoms with Crippen LogP contribution >= 0.6 is 11.3 Å². The fraction of sp³-hybridized carbons (Fsp3) is 0.143. The van der Waals surface area contributed by atoms with E-state index < -0.39 is 0 Å². The Bertz CT molecular complexity index is 654. The predicted molar refractivity (Wildman–Crippen MR) is 81.1 cm³/mol. The van der Waals surface area contributed by atoms with E-state index in [1.54, 1.807) is 30.3 Å². The van der Waals surface area contributed by atoms with Gasteiger partial charge in [0.05, 0.1) is 4.88 Å². The fourth-order valence-corrected chi connectivity index (χ4v) is 2.49. The van der Waals surface area contributed by atoms with Crippen molar-refractivity contribution in [2.24, 2.45) is 5.84 Å². The zero-order valence-electron chi connectivity index (χ0n) is 11.4. The average molecular weight is 305 g/mol. The first-order valence-electron chi connectivity index (χ1n) is 6.18. The number of thiophene rings is 1. The molecule has 110 valence electrons. The lowest BCUT2D eigenvalue weighted by Gasteiger charge is -2.07. The summed E-state index contributed by atoms with van der Waals surface area (Å²) in [6, 6.07) is 10.6. The summed E-state index contributed by atoms with van der Waals surface area (Å²) in [6.45, 7) is 1.79. The number of amides is 2. The second-order valence-corrected chi connectivity index (χ2v) is 5.41. The number of nitrogens with one attached hydrogen (secondary N) is 2. The number of carbonyl (C=O) groups excluding carboxylic acids is 2. The van der Waals surface area contributed by atoms with Crippen LogP contribution in [0.3, 0.4) is 0 Å². The Morgan fingerprint density at radius 3 is 2.81 bits per heavy atom. The van der Waals surface area contributed by atoms with Crippen LogP contribution in [0, 0.1) is 0 Å². The van der Waals surface area contributed by atoms with Crippen molar-refractivity contribution in [1.82, 2.24) is 5.43 Å². The number of benzene rings is 1. The molecule has 6 nitrogen and oxygen atoms in total. The highest BCUT2D eigenvalue weighted by Gasteiger charge is 2.08. The molecule has 1 heterocycles. The van der Waals surface area contributed by atoms with E-state index in [4.69, 9.17) is 10.6 Å². The highest BCUT2D eigenvalue weighted by molar-refractivity contribution is 7.14. The molecule has 0 spiro atoms. The summed E-state index contributed by atoms with van der Waals surface area (Å²) in [5, 5.41) is 2.69. The third-order valence-electron chi connectivity index (χ3n) is 2.55. The van der Waals surface area contributed by atoms with Gasteiger partial charge in [0, 0.05) is 23.6 Å². The van der Waals surface area contributed by atoms with E-state index in [2.05, 4.69) is 10.7 Å². The molecule has 1 aromatic carbocycles. The number of carbonyl (C=O) groups is 2. The van der Waals surface area contributed by atoms with Crippen molar-refractivity contribution in [3.8, 4) is 5.75 Å². The van der Waals surface area contributed by atoms with Crippen LogP contribution in [0.4, 0.5) is 5.69 Å². The van der Waals surface area contributed by atoms with Gasteiger partial charge in [-0.25, -0.2) is 5.84 Å². The van der Waals surface area contributed by atoms with E-state index in [1.165, 1.54) is 18.3 Å². The molecule has 0 bridgehead atoms. The lowest BCUT2D eigenvalue weighted by Crippen LogP contribution is -2.29. The summed E-state index contributed by atoms with van der Waals surface area (Å²) < 4.78 is 5.64. The van der Waals surface area contributed by atoms with Gasteiger partial charge in [-0.2, -0.15) is 0 Å². The van der Waals surface area contributed by atoms with Crippen molar-refractivity contribution in [1.29, 1.82) is 0 Å². The molecule has 0 atom stereocenters. The molecule has 0 aliphatic heterocycles. The van der Waals surface area contributed by atoms with Crippen LogP contribution in [0.25, 0.3) is 0 Å². The van der Waals surface area contributed by atoms with Gasteiger partial charge < -0.3 is 10.1 Å². The Balaban J connectivity index is 1.98. The second-order valence-electron chi connectivity index (χ2n) is 4.24. The maximum atomic E-state index is 11.3. The lowest BCUT2D eigenvalue weighted by atomic mass is 10.3. The Morgan fingerprint density at radius 2 is 2.10 bits per heavy atom. The second kappa shape index (κ2) is 6.87. The van der Waals surface area contributed by atoms with Crippen LogP contribution < -0.4 is 21.3 Å². The maximum Gasteiger partial charge on any atom is 0.275 e. The van der Waals surface area contributed by atoms with Gasteiger partial charge in [0.2, 0.25) is 5.91 Å². The largest absolute Gasteiger partial charge is 0.488 e. The number of nitrogen functional groups attached to an aromatic ring is 1. The van der Waals surface area contributed by atoms with Gasteiger partial charge in [-0.05, 0) is 24.3 Å². The van der Waals surface area contributed by atoms with Gasteiger partial charge in [0.15, 0.2) is 0 Å². The SMILES string of the molecule is CC(=O)Nc1cccc(OCc2ccc(C(=O)NN)s2)c1. The van der Waals surface area contributed by atoms with E-state index >= 15 is 0 Å². The van der Waals surface area contributed by atoms with E-state index in [1.807, 2.05) is 6.07 Å². The standard InChI is InChI=1S/C14H15N3O3S/c1-9(18)16-10-3-2-4-11(7-10)20-8-12-5-6-13(21-12)14(19)17-15/h2-7H,8,15H2,1H3,(H,16,18)(H,17,19). The molecule has 0 unspecified atom stereocenters. The van der Waals surface area contributed by atoms with Crippen molar-refractivity contribution in [2.45, 2.75) is 13.5 Å². The summed E-state index contributed by atoms with van der Waals surface area (Å²) in [5.41, 5.74) is 2.76. The normalized spacial score (nSPS) is 10.0. The van der Waals surface area contributed by atoms with Crippen LogP contribution in [-0.4, -0.2) is 11.8 Å². The Kier molecular flexibility index (Phi) is 4.91. The molecule has 7 heteroatoms. The number of ether oxygens (including phenoxy) is 1. The van der Waals surface area contributed by atoms with Crippen molar-refractivity contribution in [3.63, 3.8) is 0 Å². The monoisotopic (exact) mass is 305 g/mol. The first-order valence-corrected chi connectivity index (χ1v) is 7.00. The minimum absolute atomic E-state index is 0.136. The summed E-state index contributed by atoms with van der Waals surface area (Å²) in [4.78, 5) is 23.8. The summed E-state index contributed by atoms with van der Waals surface area (Å²) >= 11 is 1.31. The smallest absolute Gasteiger partial charge is 0.275 e. The zero-order valence-corrected chi connectivity index (χ0v) is 12.2. The molecule has 0 saturated heterocycles. The van der Waals surface area contributed by atoms with E-state index in [9.17, 15) is 9.59 Å². The van der Waals surface area contributed by atoms with Crippen LogP contribution in [0.2, 0.25) is 0 Å². The summed E-state index contributed by atoms with van der Waals surface area (Å²) in [7, 11) is 0. The molecule has 2 amide bonds. The third-order valence-corrected chi connectivity index (χ3v) is 3.61. The topological polar surface area (TPSA) is 93.4 Å². The fourth-order valence-electron chi connectivity index (χ4n) is 1.67. The van der Waals surface area contributed by atoms with Gasteiger partial charge in [-0.3, -0.25) is 15.0 Å². The number of hydrazine groups is 1. The molecule has 4 N–H and O–H groups in total. The molecule has 0 saturated carbocycles. The first-order chi connectivity index (χ1) is 10.1. The number of rotatable bonds is 5. The highest BCUT2D eigenvalue weighted by atomic mass is 32.1. The van der Waals surface area contributed by atoms with Crippen LogP contribution in [0.1, 0.15) is 21.5 Å². The van der Waals surface area contributed by atoms with Crippen molar-refractivity contribution in [2.75, 3.05) is 5.32 Å². The van der Waals surface area contributed by atoms with Gasteiger partial charge in [-0.1, -0.05) is 6.07 Å². The number of nitrogens with two attached hydrogens (primary N) is 1. The van der Waals surface area contributed by atoms with E-state index in [0.29, 0.717) is 22.9 Å². The molecular formula is C14H15N3O3S. The zero-order chi connectivity index (χ0) is 15.2. The number of hydrogen-bond donors (Lipinski definition) is 3. The van der Waals surface area contributed by atoms with Gasteiger partial charge in [-0.15, -0.1) is 11.3 Å². The Labute approximate surface area is 125 Å². The molecular weight excluding hydrogens is 290 g/mol. The van der Waals surface area contributed by atoms with Crippen LogP contribution in [-0.2, 0) is 11.4 Å². The lowest BCUT2D eigenvalue weighted by molar-refractivity contribution is -0.114. The Hall–Kier alpha value is -2.38. The molecule has 1 aromatic heterocycles. The van der Waals surface area contributed by atoms with Gasteiger partial charge in [0.25, 0.3) is 5.91 Å². The molecule has 2 aromatic rings. The molecule has 0 fully saturated rings. The molecule has 0 aliphatic carbocycles. The minimum atomic E-state index is -0.320. The minimum Gasteiger partial charge on any atom is -0.488 e. The van der Waals surface area contributed by atoms with E-state index in [-0.39, 0.29) is 11.8 Å². The van der Waals surface area contributed by atoms with Crippen LogP contribution in [0.15, 0.2) is 36.4 Å². The molecule has 2 rings (SSSR count). The highest BCUT2D eigenvalue weighted by Crippen LogP contribution is 2.21. The van der Waals surface area contributed by atoms with Crippen molar-refractivity contribution >= 4 is 28.8 Å². The third kappa shape index (κ3) is 4.30. The maximum absolute atomic E-state index is 11.3. The number of hydrogen-bond acceptors (Lipinski definition) is 5. The first kappa shape index (κ1) is 15.0. The predicted octanol–water partition coefficient (Wildman–Crippen LogP) is 1.89. The van der Waals surface area contributed by atoms with Crippen molar-refractivity contribution < 1.29 is 14.3 Å². The molecule has 21 heavy (non-hydrogen) atoms. The van der Waals surface area contributed by atoms with Crippen molar-refractivity contribution in [3.05, 3.63) is 46.2 Å². The van der Waals surface area contributed by atoms with Crippen LogP contribution in [0.5, 0.6) is 5.75 Å². The summed E-state index contributed by atoms with van der Waals surface area (Å²) in [5.74, 6) is 5.26. The molecule has 0 radical (unpaired) electrons. The Morgan fingerprint density at radius 1 is 1.29 bits per heavy atom. The van der Waals surface area contributed by atoms with E-state index in [0.717, 1.165) is 4.88 Å². The number of anilines is 1. The van der Waals surface area contributed by atoms with Gasteiger partial charge in [0.1, 0.15) is 12.4 Å². The molecule has 0 aliphatic rings. The van der Waals surface area contributed by atoms with Gasteiger partial charge >= 0.3 is 0 Å². The summed E-state index contributed by atoms with van der Waals surface area (Å²) in [6.07, 6.45) is 0.